The quantitative estimate of drug-likeness (QED) is 0.830. The van der Waals surface area contributed by atoms with E-state index in [1.54, 1.807) is 13.8 Å². The number of benzene rings is 1. The minimum atomic E-state index is -0.484. The van der Waals surface area contributed by atoms with Gasteiger partial charge in [0.1, 0.15) is 0 Å². The second kappa shape index (κ2) is 5.77. The van der Waals surface area contributed by atoms with E-state index < -0.39 is 12.0 Å². The van der Waals surface area contributed by atoms with Crippen molar-refractivity contribution in [1.29, 1.82) is 0 Å². The summed E-state index contributed by atoms with van der Waals surface area (Å²) in [6.45, 7) is 5.72. The van der Waals surface area contributed by atoms with E-state index >= 15 is 0 Å². The van der Waals surface area contributed by atoms with Crippen LogP contribution in [0.5, 0.6) is 0 Å². The van der Waals surface area contributed by atoms with Gasteiger partial charge in [-0.1, -0.05) is 29.8 Å². The van der Waals surface area contributed by atoms with Gasteiger partial charge in [-0.25, -0.2) is 9.59 Å². The first-order valence-electron chi connectivity index (χ1n) is 6.55. The van der Waals surface area contributed by atoms with Crippen molar-refractivity contribution in [1.82, 2.24) is 10.6 Å². The third-order valence-corrected chi connectivity index (χ3v) is 3.14. The van der Waals surface area contributed by atoms with E-state index in [1.165, 1.54) is 0 Å². The van der Waals surface area contributed by atoms with Crippen LogP contribution >= 0.6 is 0 Å². The molecule has 0 fully saturated rings. The summed E-state index contributed by atoms with van der Waals surface area (Å²) in [5, 5.41) is 5.38. The second-order valence-electron chi connectivity index (χ2n) is 4.70. The Morgan fingerprint density at radius 1 is 1.35 bits per heavy atom. The molecular weight excluding hydrogens is 256 g/mol. The first-order chi connectivity index (χ1) is 9.52. The lowest BCUT2D eigenvalue weighted by Crippen LogP contribution is -2.45. The minimum Gasteiger partial charge on any atom is -0.463 e. The van der Waals surface area contributed by atoms with Crippen LogP contribution in [0.3, 0.4) is 0 Å². The molecule has 5 heteroatoms. The summed E-state index contributed by atoms with van der Waals surface area (Å²) in [5.41, 5.74) is 2.90. The Hall–Kier alpha value is -2.30. The summed E-state index contributed by atoms with van der Waals surface area (Å²) in [7, 11) is 0. The Kier molecular flexibility index (Phi) is 4.08. The fourth-order valence-electron chi connectivity index (χ4n) is 2.27. The molecule has 1 heterocycles. The van der Waals surface area contributed by atoms with Crippen LogP contribution in [0.2, 0.25) is 0 Å². The van der Waals surface area contributed by atoms with Crippen molar-refractivity contribution in [2.45, 2.75) is 26.8 Å². The smallest absolute Gasteiger partial charge is 0.338 e. The first-order valence-corrected chi connectivity index (χ1v) is 6.55. The molecule has 1 aliphatic heterocycles. The molecule has 1 aromatic carbocycles. The van der Waals surface area contributed by atoms with E-state index in [0.717, 1.165) is 11.1 Å². The summed E-state index contributed by atoms with van der Waals surface area (Å²) < 4.78 is 5.08. The number of amides is 2. The van der Waals surface area contributed by atoms with Crippen LogP contribution in [0.1, 0.15) is 31.0 Å². The molecule has 106 valence electrons. The second-order valence-corrected chi connectivity index (χ2v) is 4.70. The Morgan fingerprint density at radius 3 is 2.75 bits per heavy atom. The summed E-state index contributed by atoms with van der Waals surface area (Å²) in [4.78, 5) is 23.8. The molecule has 0 spiro atoms. The van der Waals surface area contributed by atoms with Gasteiger partial charge in [0.15, 0.2) is 0 Å². The Morgan fingerprint density at radius 2 is 2.10 bits per heavy atom. The monoisotopic (exact) mass is 274 g/mol. The zero-order valence-corrected chi connectivity index (χ0v) is 11.8. The highest BCUT2D eigenvalue weighted by Crippen LogP contribution is 2.27. The van der Waals surface area contributed by atoms with E-state index in [1.807, 2.05) is 31.2 Å². The predicted octanol–water partition coefficient (Wildman–Crippen LogP) is 2.19. The lowest BCUT2D eigenvalue weighted by atomic mass is 9.94. The molecule has 5 nitrogen and oxygen atoms in total. The number of urea groups is 1. The molecule has 2 rings (SSSR count). The third kappa shape index (κ3) is 2.82. The molecule has 0 aromatic heterocycles. The summed E-state index contributed by atoms with van der Waals surface area (Å²) in [5.74, 6) is -0.413. The molecule has 20 heavy (non-hydrogen) atoms. The number of nitrogens with one attached hydrogen (secondary N) is 2. The molecule has 1 aliphatic rings. The highest BCUT2D eigenvalue weighted by atomic mass is 16.5. The third-order valence-electron chi connectivity index (χ3n) is 3.14. The fraction of sp³-hybridized carbons (Fsp3) is 0.333. The average Bonchev–Trinajstić information content (AvgIpc) is 2.37. The van der Waals surface area contributed by atoms with Crippen molar-refractivity contribution in [2.24, 2.45) is 0 Å². The van der Waals surface area contributed by atoms with Crippen LogP contribution in [0.25, 0.3) is 0 Å². The van der Waals surface area contributed by atoms with Crippen molar-refractivity contribution >= 4 is 12.0 Å². The largest absolute Gasteiger partial charge is 0.463 e. The number of hydrogen-bond acceptors (Lipinski definition) is 3. The van der Waals surface area contributed by atoms with Crippen molar-refractivity contribution in [3.63, 3.8) is 0 Å². The van der Waals surface area contributed by atoms with Gasteiger partial charge in [0.05, 0.1) is 18.2 Å². The molecule has 0 saturated carbocycles. The lowest BCUT2D eigenvalue weighted by molar-refractivity contribution is -0.139. The van der Waals surface area contributed by atoms with Crippen LogP contribution in [0, 0.1) is 6.92 Å². The number of carbonyl (C=O) groups is 2. The SMILES string of the molecule is CCOC(=O)C1=C(C)NC(=O)N[C@H]1c1cccc(C)c1. The lowest BCUT2D eigenvalue weighted by Gasteiger charge is -2.28. The molecule has 0 unspecified atom stereocenters. The van der Waals surface area contributed by atoms with Gasteiger partial charge in [-0.2, -0.15) is 0 Å². The van der Waals surface area contributed by atoms with Crippen LogP contribution in [0.15, 0.2) is 35.5 Å². The number of aryl methyl sites for hydroxylation is 1. The molecule has 1 aromatic rings. The number of hydrogen-bond donors (Lipinski definition) is 2. The van der Waals surface area contributed by atoms with Gasteiger partial charge in [0.2, 0.25) is 0 Å². The molecule has 0 bridgehead atoms. The molecule has 0 aliphatic carbocycles. The summed E-state index contributed by atoms with van der Waals surface area (Å²) in [6, 6.07) is 6.90. The maximum Gasteiger partial charge on any atom is 0.338 e. The first kappa shape index (κ1) is 14.1. The van der Waals surface area contributed by atoms with Crippen molar-refractivity contribution in [3.05, 3.63) is 46.7 Å². The minimum absolute atomic E-state index is 0.296. The maximum absolute atomic E-state index is 12.1. The van der Waals surface area contributed by atoms with Crippen LogP contribution in [0.4, 0.5) is 4.79 Å². The van der Waals surface area contributed by atoms with E-state index in [9.17, 15) is 9.59 Å². The molecule has 1 atom stereocenters. The van der Waals surface area contributed by atoms with Gasteiger partial charge in [0.25, 0.3) is 0 Å². The Bertz CT molecular complexity index is 578. The predicted molar refractivity (Wildman–Crippen MR) is 74.9 cm³/mol. The van der Waals surface area contributed by atoms with E-state index in [-0.39, 0.29) is 6.03 Å². The number of carbonyl (C=O) groups excluding carboxylic acids is 2. The molecule has 0 saturated heterocycles. The van der Waals surface area contributed by atoms with Gasteiger partial charge >= 0.3 is 12.0 Å². The van der Waals surface area contributed by atoms with Crippen LogP contribution in [-0.4, -0.2) is 18.6 Å². The van der Waals surface area contributed by atoms with Crippen molar-refractivity contribution < 1.29 is 14.3 Å². The van der Waals surface area contributed by atoms with E-state index in [4.69, 9.17) is 4.74 Å². The number of ether oxygens (including phenoxy) is 1. The zero-order chi connectivity index (χ0) is 14.7. The molecule has 2 N–H and O–H groups in total. The molecular formula is C15H18N2O3. The van der Waals surface area contributed by atoms with E-state index in [0.29, 0.717) is 17.9 Å². The van der Waals surface area contributed by atoms with E-state index in [2.05, 4.69) is 10.6 Å². The van der Waals surface area contributed by atoms with Gasteiger partial charge < -0.3 is 15.4 Å². The van der Waals surface area contributed by atoms with Crippen molar-refractivity contribution in [3.8, 4) is 0 Å². The number of rotatable bonds is 3. The number of allylic oxidation sites excluding steroid dienone is 1. The van der Waals surface area contributed by atoms with Gasteiger partial charge in [-0.3, -0.25) is 0 Å². The Balaban J connectivity index is 2.44. The van der Waals surface area contributed by atoms with Gasteiger partial charge in [-0.15, -0.1) is 0 Å². The highest BCUT2D eigenvalue weighted by Gasteiger charge is 2.31. The normalized spacial score (nSPS) is 18.4. The molecule has 2 amide bonds. The average molecular weight is 274 g/mol. The topological polar surface area (TPSA) is 67.4 Å². The number of esters is 1. The van der Waals surface area contributed by atoms with Gasteiger partial charge in [0, 0.05) is 5.70 Å². The fourth-order valence-corrected chi connectivity index (χ4v) is 2.27. The van der Waals surface area contributed by atoms with Crippen molar-refractivity contribution in [2.75, 3.05) is 6.61 Å². The standard InChI is InChI=1S/C15H18N2O3/c1-4-20-14(18)12-10(3)16-15(19)17-13(12)11-7-5-6-9(2)8-11/h5-8,13H,4H2,1-3H3,(H2,16,17,19)/t13-/m0/s1. The summed E-state index contributed by atoms with van der Waals surface area (Å²) in [6.07, 6.45) is 0. The van der Waals surface area contributed by atoms with Crippen LogP contribution < -0.4 is 10.6 Å². The summed E-state index contributed by atoms with van der Waals surface area (Å²) >= 11 is 0. The maximum atomic E-state index is 12.1. The zero-order valence-electron chi connectivity index (χ0n) is 11.8. The van der Waals surface area contributed by atoms with Crippen LogP contribution in [-0.2, 0) is 9.53 Å². The highest BCUT2D eigenvalue weighted by molar-refractivity contribution is 5.95. The molecule has 0 radical (unpaired) electrons. The van der Waals surface area contributed by atoms with Gasteiger partial charge in [-0.05, 0) is 26.3 Å². The Labute approximate surface area is 118 Å².